The van der Waals surface area contributed by atoms with E-state index in [1.165, 1.54) is 12.0 Å². The van der Waals surface area contributed by atoms with Gasteiger partial charge in [-0.05, 0) is 57.9 Å². The molecule has 1 aliphatic rings. The highest BCUT2D eigenvalue weighted by Gasteiger charge is 2.20. The van der Waals surface area contributed by atoms with Gasteiger partial charge < -0.3 is 14.8 Å². The second-order valence-corrected chi connectivity index (χ2v) is 6.24. The summed E-state index contributed by atoms with van der Waals surface area (Å²) in [4.78, 5) is 11.8. The van der Waals surface area contributed by atoms with Gasteiger partial charge in [-0.3, -0.25) is 5.32 Å². The molecule has 1 unspecified atom stereocenters. The van der Waals surface area contributed by atoms with Crippen LogP contribution >= 0.6 is 0 Å². The van der Waals surface area contributed by atoms with Crippen molar-refractivity contribution in [3.8, 4) is 5.75 Å². The maximum absolute atomic E-state index is 11.8. The summed E-state index contributed by atoms with van der Waals surface area (Å²) < 4.78 is 10.6. The lowest BCUT2D eigenvalue weighted by Crippen LogP contribution is -2.27. The quantitative estimate of drug-likeness (QED) is 0.895. The molecule has 0 bridgehead atoms. The number of benzene rings is 1. The number of amides is 1. The average Bonchev–Trinajstić information content (AvgIpc) is 2.90. The van der Waals surface area contributed by atoms with Crippen LogP contribution in [-0.4, -0.2) is 25.3 Å². The summed E-state index contributed by atoms with van der Waals surface area (Å²) in [6.07, 6.45) is 1.83. The smallest absolute Gasteiger partial charge is 0.412 e. The molecule has 0 saturated carbocycles. The molecule has 21 heavy (non-hydrogen) atoms. The van der Waals surface area contributed by atoms with Gasteiger partial charge in [0, 0.05) is 6.04 Å². The van der Waals surface area contributed by atoms with E-state index in [4.69, 9.17) is 9.47 Å². The van der Waals surface area contributed by atoms with E-state index in [1.807, 2.05) is 39.0 Å². The van der Waals surface area contributed by atoms with Gasteiger partial charge in [-0.25, -0.2) is 4.79 Å². The topological polar surface area (TPSA) is 59.6 Å². The molecule has 116 valence electrons. The molecule has 0 spiro atoms. The lowest BCUT2D eigenvalue weighted by Gasteiger charge is -2.21. The van der Waals surface area contributed by atoms with Crippen LogP contribution in [0.25, 0.3) is 0 Å². The average molecular weight is 292 g/mol. The Labute approximate surface area is 126 Å². The minimum atomic E-state index is -0.523. The molecule has 1 aliphatic heterocycles. The van der Waals surface area contributed by atoms with Crippen molar-refractivity contribution < 1.29 is 14.3 Å². The zero-order chi connectivity index (χ0) is 15.5. The largest absolute Gasteiger partial charge is 0.495 e. The molecule has 2 rings (SSSR count). The Kier molecular flexibility index (Phi) is 4.73. The van der Waals surface area contributed by atoms with Gasteiger partial charge in [0.1, 0.15) is 11.4 Å². The van der Waals surface area contributed by atoms with Gasteiger partial charge in [0.05, 0.1) is 12.8 Å². The normalized spacial score (nSPS) is 18.4. The van der Waals surface area contributed by atoms with E-state index in [2.05, 4.69) is 10.6 Å². The first-order valence-electron chi connectivity index (χ1n) is 7.30. The first kappa shape index (κ1) is 15.6. The molecule has 5 nitrogen and oxygen atoms in total. The molecule has 0 aliphatic carbocycles. The monoisotopic (exact) mass is 292 g/mol. The summed E-state index contributed by atoms with van der Waals surface area (Å²) in [5, 5.41) is 6.18. The standard InChI is InChI=1S/C16H24N2O3/c1-16(2,3)21-15(19)18-13-8-7-11(10-14(13)20-4)12-6-5-9-17-12/h7-8,10,12,17H,5-6,9H2,1-4H3,(H,18,19). The Hall–Kier alpha value is -1.75. The van der Waals surface area contributed by atoms with Crippen molar-refractivity contribution in [2.45, 2.75) is 45.3 Å². The van der Waals surface area contributed by atoms with Crippen molar-refractivity contribution >= 4 is 11.8 Å². The van der Waals surface area contributed by atoms with Gasteiger partial charge in [-0.15, -0.1) is 0 Å². The molecular weight excluding hydrogens is 268 g/mol. The third-order valence-corrected chi connectivity index (χ3v) is 3.32. The van der Waals surface area contributed by atoms with E-state index >= 15 is 0 Å². The van der Waals surface area contributed by atoms with E-state index in [9.17, 15) is 4.79 Å². The van der Waals surface area contributed by atoms with Crippen LogP contribution in [0.3, 0.4) is 0 Å². The Morgan fingerprint density at radius 2 is 2.14 bits per heavy atom. The summed E-state index contributed by atoms with van der Waals surface area (Å²) in [5.74, 6) is 0.645. The van der Waals surface area contributed by atoms with Gasteiger partial charge in [-0.1, -0.05) is 6.07 Å². The van der Waals surface area contributed by atoms with E-state index < -0.39 is 11.7 Å². The fourth-order valence-corrected chi connectivity index (χ4v) is 2.41. The highest BCUT2D eigenvalue weighted by atomic mass is 16.6. The number of anilines is 1. The predicted molar refractivity (Wildman–Crippen MR) is 82.8 cm³/mol. The zero-order valence-corrected chi connectivity index (χ0v) is 13.2. The van der Waals surface area contributed by atoms with Crippen LogP contribution in [0.1, 0.15) is 45.2 Å². The van der Waals surface area contributed by atoms with Crippen molar-refractivity contribution in [2.24, 2.45) is 0 Å². The Morgan fingerprint density at radius 3 is 2.71 bits per heavy atom. The summed E-state index contributed by atoms with van der Waals surface area (Å²) in [5.41, 5.74) is 1.28. The van der Waals surface area contributed by atoms with Crippen LogP contribution in [0.4, 0.5) is 10.5 Å². The number of nitrogens with one attached hydrogen (secondary N) is 2. The zero-order valence-electron chi connectivity index (χ0n) is 13.2. The number of hydrogen-bond acceptors (Lipinski definition) is 4. The minimum absolute atomic E-state index is 0.370. The summed E-state index contributed by atoms with van der Waals surface area (Å²) in [7, 11) is 1.60. The third-order valence-electron chi connectivity index (χ3n) is 3.32. The number of carbonyl (C=O) groups is 1. The maximum atomic E-state index is 11.8. The number of ether oxygens (including phenoxy) is 2. The van der Waals surface area contributed by atoms with Gasteiger partial charge in [0.25, 0.3) is 0 Å². The lowest BCUT2D eigenvalue weighted by atomic mass is 10.0. The Balaban J connectivity index is 2.11. The molecule has 1 saturated heterocycles. The fraction of sp³-hybridized carbons (Fsp3) is 0.562. The van der Waals surface area contributed by atoms with Crippen molar-refractivity contribution in [1.82, 2.24) is 5.32 Å². The predicted octanol–water partition coefficient (Wildman–Crippen LogP) is 3.47. The second kappa shape index (κ2) is 6.35. The molecule has 1 aromatic rings. The van der Waals surface area contributed by atoms with E-state index in [0.717, 1.165) is 13.0 Å². The van der Waals surface area contributed by atoms with Crippen molar-refractivity contribution in [2.75, 3.05) is 19.0 Å². The molecule has 1 amide bonds. The van der Waals surface area contributed by atoms with E-state index in [1.54, 1.807) is 7.11 Å². The lowest BCUT2D eigenvalue weighted by molar-refractivity contribution is 0.0635. The maximum Gasteiger partial charge on any atom is 0.412 e. The van der Waals surface area contributed by atoms with Crippen molar-refractivity contribution in [1.29, 1.82) is 0 Å². The van der Waals surface area contributed by atoms with Crippen LogP contribution in [0, 0.1) is 0 Å². The number of carbonyl (C=O) groups excluding carboxylic acids is 1. The molecule has 0 radical (unpaired) electrons. The SMILES string of the molecule is COc1cc(C2CCCN2)ccc1NC(=O)OC(C)(C)C. The van der Waals surface area contributed by atoms with Gasteiger partial charge in [-0.2, -0.15) is 0 Å². The molecule has 1 heterocycles. The molecule has 5 heteroatoms. The van der Waals surface area contributed by atoms with Crippen LogP contribution in [0.5, 0.6) is 5.75 Å². The van der Waals surface area contributed by atoms with Crippen LogP contribution < -0.4 is 15.4 Å². The summed E-state index contributed by atoms with van der Waals surface area (Å²) in [6, 6.07) is 6.21. The molecule has 1 fully saturated rings. The first-order chi connectivity index (χ1) is 9.89. The Bertz CT molecular complexity index is 503. The van der Waals surface area contributed by atoms with Gasteiger partial charge in [0.2, 0.25) is 0 Å². The minimum Gasteiger partial charge on any atom is -0.495 e. The van der Waals surface area contributed by atoms with E-state index in [0.29, 0.717) is 17.5 Å². The second-order valence-electron chi connectivity index (χ2n) is 6.24. The Morgan fingerprint density at radius 1 is 1.38 bits per heavy atom. The molecule has 1 aromatic carbocycles. The molecule has 1 atom stereocenters. The first-order valence-corrected chi connectivity index (χ1v) is 7.30. The van der Waals surface area contributed by atoms with Crippen LogP contribution in [0.15, 0.2) is 18.2 Å². The van der Waals surface area contributed by atoms with E-state index in [-0.39, 0.29) is 0 Å². The number of hydrogen-bond donors (Lipinski definition) is 2. The highest BCUT2D eigenvalue weighted by molar-refractivity contribution is 5.87. The molecular formula is C16H24N2O3. The number of methoxy groups -OCH3 is 1. The van der Waals surface area contributed by atoms with Gasteiger partial charge >= 0.3 is 6.09 Å². The summed E-state index contributed by atoms with van der Waals surface area (Å²) in [6.45, 7) is 6.54. The van der Waals surface area contributed by atoms with Crippen molar-refractivity contribution in [3.63, 3.8) is 0 Å². The third kappa shape index (κ3) is 4.36. The van der Waals surface area contributed by atoms with Crippen molar-refractivity contribution in [3.05, 3.63) is 23.8 Å². The number of rotatable bonds is 3. The summed E-state index contributed by atoms with van der Waals surface area (Å²) >= 11 is 0. The highest BCUT2D eigenvalue weighted by Crippen LogP contribution is 2.31. The van der Waals surface area contributed by atoms with Crippen LogP contribution in [-0.2, 0) is 4.74 Å². The van der Waals surface area contributed by atoms with Gasteiger partial charge in [0.15, 0.2) is 0 Å². The molecule has 2 N–H and O–H groups in total. The van der Waals surface area contributed by atoms with Crippen LogP contribution in [0.2, 0.25) is 0 Å². The fourth-order valence-electron chi connectivity index (χ4n) is 2.41. The molecule has 0 aromatic heterocycles.